The molecule has 4 nitrogen and oxygen atoms in total. The second-order valence-electron chi connectivity index (χ2n) is 5.58. The van der Waals surface area contributed by atoms with Crippen molar-refractivity contribution in [3.63, 3.8) is 0 Å². The summed E-state index contributed by atoms with van der Waals surface area (Å²) < 4.78 is 0. The summed E-state index contributed by atoms with van der Waals surface area (Å²) in [4.78, 5) is 9.37. The minimum absolute atomic E-state index is 0.482. The van der Waals surface area contributed by atoms with Crippen LogP contribution >= 0.6 is 0 Å². The molecule has 0 amide bonds. The highest BCUT2D eigenvalue weighted by molar-refractivity contribution is 5.78. The van der Waals surface area contributed by atoms with E-state index < -0.39 is 0 Å². The number of piperazine rings is 1. The van der Waals surface area contributed by atoms with Crippen LogP contribution in [-0.4, -0.2) is 54.5 Å². The van der Waals surface area contributed by atoms with Crippen LogP contribution in [0.1, 0.15) is 39.0 Å². The van der Waals surface area contributed by atoms with Gasteiger partial charge in [0.15, 0.2) is 5.96 Å². The number of hydrogen-bond donors (Lipinski definition) is 1. The minimum Gasteiger partial charge on any atom is -0.370 e. The van der Waals surface area contributed by atoms with Gasteiger partial charge in [-0.05, 0) is 26.8 Å². The molecule has 1 saturated heterocycles. The van der Waals surface area contributed by atoms with Gasteiger partial charge in [0.1, 0.15) is 0 Å². The fraction of sp³-hybridized carbons (Fsp3) is 0.923. The average molecular weight is 238 g/mol. The Hall–Kier alpha value is -0.770. The Labute approximate surface area is 105 Å². The molecule has 1 atom stereocenters. The van der Waals surface area contributed by atoms with Crippen molar-refractivity contribution in [2.75, 3.05) is 26.7 Å². The molecule has 1 heterocycles. The van der Waals surface area contributed by atoms with E-state index in [1.807, 2.05) is 0 Å². The van der Waals surface area contributed by atoms with Gasteiger partial charge >= 0.3 is 0 Å². The molecule has 98 valence electrons. The Morgan fingerprint density at radius 3 is 2.53 bits per heavy atom. The highest BCUT2D eigenvalue weighted by Crippen LogP contribution is 2.20. The van der Waals surface area contributed by atoms with Crippen LogP contribution in [0.15, 0.2) is 4.99 Å². The van der Waals surface area contributed by atoms with Crippen LogP contribution in [0.4, 0.5) is 0 Å². The van der Waals surface area contributed by atoms with E-state index in [1.54, 1.807) is 0 Å². The molecule has 2 rings (SSSR count). The van der Waals surface area contributed by atoms with Gasteiger partial charge in [-0.25, -0.2) is 4.99 Å². The zero-order valence-corrected chi connectivity index (χ0v) is 11.2. The second kappa shape index (κ2) is 5.71. The Morgan fingerprint density at radius 1 is 1.18 bits per heavy atom. The quantitative estimate of drug-likeness (QED) is 0.553. The maximum atomic E-state index is 6.17. The number of hydrogen-bond acceptors (Lipinski definition) is 2. The molecule has 2 N–H and O–H groups in total. The lowest BCUT2D eigenvalue weighted by molar-refractivity contribution is 0.159. The molecule has 0 aromatic rings. The number of nitrogens with zero attached hydrogens (tertiary/aromatic N) is 3. The lowest BCUT2D eigenvalue weighted by Crippen LogP contribution is -2.55. The van der Waals surface area contributed by atoms with Crippen LogP contribution in [0.3, 0.4) is 0 Å². The first kappa shape index (κ1) is 12.7. The van der Waals surface area contributed by atoms with Gasteiger partial charge in [-0.2, -0.15) is 0 Å². The van der Waals surface area contributed by atoms with Gasteiger partial charge in [0.25, 0.3) is 0 Å². The molecule has 0 radical (unpaired) electrons. The van der Waals surface area contributed by atoms with E-state index >= 15 is 0 Å². The standard InChI is InChI=1S/C13H26N4/c1-11-10-16(2)8-9-17(11)13(14)15-12-6-4-3-5-7-12/h11-12H,3-10H2,1-2H3,(H2,14,15). The molecule has 4 heteroatoms. The zero-order chi connectivity index (χ0) is 12.3. The smallest absolute Gasteiger partial charge is 0.191 e. The fourth-order valence-corrected chi connectivity index (χ4v) is 2.95. The topological polar surface area (TPSA) is 44.9 Å². The first-order chi connectivity index (χ1) is 8.16. The zero-order valence-electron chi connectivity index (χ0n) is 11.2. The summed E-state index contributed by atoms with van der Waals surface area (Å²) in [6, 6.07) is 0.969. The largest absolute Gasteiger partial charge is 0.370 e. The third-order valence-corrected chi connectivity index (χ3v) is 4.01. The molecule has 1 aliphatic heterocycles. The van der Waals surface area contributed by atoms with Crippen LogP contribution in [0.2, 0.25) is 0 Å². The normalized spacial score (nSPS) is 29.6. The molecule has 0 bridgehead atoms. The summed E-state index contributed by atoms with van der Waals surface area (Å²) in [5.41, 5.74) is 6.17. The SMILES string of the molecule is CC1CN(C)CCN1C(N)=NC1CCCCC1. The van der Waals surface area contributed by atoms with Crippen molar-refractivity contribution in [3.05, 3.63) is 0 Å². The Morgan fingerprint density at radius 2 is 1.88 bits per heavy atom. The molecule has 0 aromatic heterocycles. The summed E-state index contributed by atoms with van der Waals surface area (Å²) in [5, 5.41) is 0. The van der Waals surface area contributed by atoms with Crippen molar-refractivity contribution in [2.45, 2.75) is 51.1 Å². The summed E-state index contributed by atoms with van der Waals surface area (Å²) in [7, 11) is 2.17. The summed E-state index contributed by atoms with van der Waals surface area (Å²) in [5.74, 6) is 0.775. The van der Waals surface area contributed by atoms with Gasteiger partial charge in [-0.15, -0.1) is 0 Å². The summed E-state index contributed by atoms with van der Waals surface area (Å²) in [6.07, 6.45) is 6.46. The number of guanidine groups is 1. The molecule has 17 heavy (non-hydrogen) atoms. The minimum atomic E-state index is 0.482. The predicted octanol–water partition coefficient (Wildman–Crippen LogP) is 1.27. The van der Waals surface area contributed by atoms with E-state index in [2.05, 4.69) is 23.8 Å². The van der Waals surface area contributed by atoms with Crippen molar-refractivity contribution >= 4 is 5.96 Å². The molecule has 1 unspecified atom stereocenters. The third kappa shape index (κ3) is 3.35. The van der Waals surface area contributed by atoms with Crippen LogP contribution in [0.5, 0.6) is 0 Å². The monoisotopic (exact) mass is 238 g/mol. The van der Waals surface area contributed by atoms with Gasteiger partial charge in [-0.3, -0.25) is 0 Å². The molecule has 2 aliphatic rings. The van der Waals surface area contributed by atoms with Gasteiger partial charge in [0.2, 0.25) is 0 Å². The molecule has 2 fully saturated rings. The maximum absolute atomic E-state index is 6.17. The number of likely N-dealkylation sites (N-methyl/N-ethyl adjacent to an activating group) is 1. The van der Waals surface area contributed by atoms with E-state index in [9.17, 15) is 0 Å². The van der Waals surface area contributed by atoms with Crippen molar-refractivity contribution in [1.29, 1.82) is 0 Å². The first-order valence-electron chi connectivity index (χ1n) is 6.95. The Kier molecular flexibility index (Phi) is 4.26. The molecular formula is C13H26N4. The van der Waals surface area contributed by atoms with Gasteiger partial charge in [0, 0.05) is 25.7 Å². The Bertz CT molecular complexity index is 271. The summed E-state index contributed by atoms with van der Waals surface area (Å²) >= 11 is 0. The summed E-state index contributed by atoms with van der Waals surface area (Å²) in [6.45, 7) is 5.42. The van der Waals surface area contributed by atoms with Crippen molar-refractivity contribution in [2.24, 2.45) is 10.7 Å². The lowest BCUT2D eigenvalue weighted by Gasteiger charge is -2.39. The predicted molar refractivity (Wildman–Crippen MR) is 72.2 cm³/mol. The van der Waals surface area contributed by atoms with Gasteiger partial charge in [-0.1, -0.05) is 19.3 Å². The highest BCUT2D eigenvalue weighted by atomic mass is 15.3. The van der Waals surface area contributed by atoms with Crippen molar-refractivity contribution in [3.8, 4) is 0 Å². The third-order valence-electron chi connectivity index (χ3n) is 4.01. The number of aliphatic imine (C=N–C) groups is 1. The molecule has 1 aliphatic carbocycles. The van der Waals surface area contributed by atoms with Gasteiger partial charge < -0.3 is 15.5 Å². The Balaban J connectivity index is 1.93. The van der Waals surface area contributed by atoms with Crippen LogP contribution in [-0.2, 0) is 0 Å². The second-order valence-corrected chi connectivity index (χ2v) is 5.58. The number of nitrogens with two attached hydrogens (primary N) is 1. The lowest BCUT2D eigenvalue weighted by atomic mass is 9.96. The van der Waals surface area contributed by atoms with Crippen molar-refractivity contribution in [1.82, 2.24) is 9.80 Å². The van der Waals surface area contributed by atoms with E-state index in [0.29, 0.717) is 12.1 Å². The van der Waals surface area contributed by atoms with Crippen molar-refractivity contribution < 1.29 is 0 Å². The van der Waals surface area contributed by atoms with Gasteiger partial charge in [0.05, 0.1) is 6.04 Å². The average Bonchev–Trinajstić information content (AvgIpc) is 2.30. The maximum Gasteiger partial charge on any atom is 0.191 e. The first-order valence-corrected chi connectivity index (χ1v) is 6.95. The molecule has 0 spiro atoms. The van der Waals surface area contributed by atoms with E-state index in [4.69, 9.17) is 10.7 Å². The highest BCUT2D eigenvalue weighted by Gasteiger charge is 2.23. The van der Waals surface area contributed by atoms with E-state index in [0.717, 1.165) is 25.6 Å². The molecule has 0 aromatic carbocycles. The van der Waals surface area contributed by atoms with Crippen LogP contribution in [0, 0.1) is 0 Å². The van der Waals surface area contributed by atoms with Crippen LogP contribution in [0.25, 0.3) is 0 Å². The fourth-order valence-electron chi connectivity index (χ4n) is 2.95. The molecule has 1 saturated carbocycles. The number of rotatable bonds is 1. The molecular weight excluding hydrogens is 212 g/mol. The van der Waals surface area contributed by atoms with Crippen LogP contribution < -0.4 is 5.73 Å². The van der Waals surface area contributed by atoms with E-state index in [-0.39, 0.29) is 0 Å². The van der Waals surface area contributed by atoms with E-state index in [1.165, 1.54) is 32.1 Å².